The summed E-state index contributed by atoms with van der Waals surface area (Å²) in [5.74, 6) is 1.69. The van der Waals surface area contributed by atoms with Gasteiger partial charge in [-0.1, -0.05) is 18.2 Å². The van der Waals surface area contributed by atoms with Crippen LogP contribution in [0.5, 0.6) is 17.2 Å². The summed E-state index contributed by atoms with van der Waals surface area (Å²) in [4.78, 5) is 12.6. The number of hydrogen-bond acceptors (Lipinski definition) is 4. The number of carbonyl (C=O) groups is 1. The van der Waals surface area contributed by atoms with Gasteiger partial charge in [0, 0.05) is 0 Å². The van der Waals surface area contributed by atoms with Crippen LogP contribution in [-0.4, -0.2) is 26.7 Å². The van der Waals surface area contributed by atoms with Crippen LogP contribution in [0.3, 0.4) is 0 Å². The number of para-hydroxylation sites is 1. The maximum Gasteiger partial charge on any atom is 0.255 e. The van der Waals surface area contributed by atoms with Crippen molar-refractivity contribution in [1.82, 2.24) is 5.32 Å². The summed E-state index contributed by atoms with van der Waals surface area (Å²) in [6, 6.07) is 12.6. The van der Waals surface area contributed by atoms with Crippen molar-refractivity contribution in [3.8, 4) is 17.2 Å². The summed E-state index contributed by atoms with van der Waals surface area (Å²) in [6.45, 7) is 4.32. The first-order valence-corrected chi connectivity index (χ1v) is 7.85. The van der Waals surface area contributed by atoms with Gasteiger partial charge in [-0.05, 0) is 43.7 Å². The first kappa shape index (κ1) is 17.7. The highest BCUT2D eigenvalue weighted by molar-refractivity contribution is 5.97. The first-order chi connectivity index (χ1) is 11.6. The molecule has 0 radical (unpaired) electrons. The Morgan fingerprint density at radius 3 is 2.42 bits per heavy atom. The number of carbonyl (C=O) groups excluding carboxylic acids is 1. The van der Waals surface area contributed by atoms with Gasteiger partial charge in [-0.3, -0.25) is 4.79 Å². The lowest BCUT2D eigenvalue weighted by atomic mass is 10.1. The standard InChI is InChI=1S/C19H23NO4/c1-5-24-16-9-7-6-8-15(16)19(21)20-13(2)14-10-11-17(22-3)18(12-14)23-4/h6-13H,5H2,1-4H3,(H,20,21). The molecule has 0 aliphatic carbocycles. The molecular formula is C19H23NO4. The summed E-state index contributed by atoms with van der Waals surface area (Å²) in [5, 5.41) is 2.98. The zero-order valence-electron chi connectivity index (χ0n) is 14.5. The van der Waals surface area contributed by atoms with E-state index in [1.54, 1.807) is 26.4 Å². The SMILES string of the molecule is CCOc1ccccc1C(=O)NC(C)c1ccc(OC)c(OC)c1. The second-order valence-corrected chi connectivity index (χ2v) is 5.24. The molecule has 1 N–H and O–H groups in total. The lowest BCUT2D eigenvalue weighted by Gasteiger charge is -2.17. The second-order valence-electron chi connectivity index (χ2n) is 5.24. The molecule has 24 heavy (non-hydrogen) atoms. The number of nitrogens with one attached hydrogen (secondary N) is 1. The smallest absolute Gasteiger partial charge is 0.255 e. The van der Waals surface area contributed by atoms with E-state index in [0.717, 1.165) is 5.56 Å². The topological polar surface area (TPSA) is 56.8 Å². The third-order valence-corrected chi connectivity index (χ3v) is 3.69. The van der Waals surface area contributed by atoms with Crippen LogP contribution in [0.4, 0.5) is 0 Å². The number of methoxy groups -OCH3 is 2. The first-order valence-electron chi connectivity index (χ1n) is 7.85. The normalized spacial score (nSPS) is 11.5. The Balaban J connectivity index is 2.17. The summed E-state index contributed by atoms with van der Waals surface area (Å²) in [5.41, 5.74) is 1.45. The van der Waals surface area contributed by atoms with Crippen molar-refractivity contribution in [2.45, 2.75) is 19.9 Å². The molecule has 0 saturated carbocycles. The highest BCUT2D eigenvalue weighted by atomic mass is 16.5. The average molecular weight is 329 g/mol. The molecule has 1 unspecified atom stereocenters. The van der Waals surface area contributed by atoms with E-state index < -0.39 is 0 Å². The molecule has 0 fully saturated rings. The Kier molecular flexibility index (Phi) is 6.07. The average Bonchev–Trinajstić information content (AvgIpc) is 2.61. The predicted octanol–water partition coefficient (Wildman–Crippen LogP) is 3.59. The summed E-state index contributed by atoms with van der Waals surface area (Å²) in [7, 11) is 3.18. The van der Waals surface area contributed by atoms with E-state index in [0.29, 0.717) is 29.4 Å². The predicted molar refractivity (Wildman–Crippen MR) is 93.0 cm³/mol. The van der Waals surface area contributed by atoms with Crippen molar-refractivity contribution in [2.75, 3.05) is 20.8 Å². The largest absolute Gasteiger partial charge is 0.493 e. The minimum Gasteiger partial charge on any atom is -0.493 e. The van der Waals surface area contributed by atoms with E-state index in [2.05, 4.69) is 5.32 Å². The molecule has 128 valence electrons. The third-order valence-electron chi connectivity index (χ3n) is 3.69. The van der Waals surface area contributed by atoms with Crippen LogP contribution in [0.15, 0.2) is 42.5 Å². The maximum atomic E-state index is 12.6. The zero-order valence-corrected chi connectivity index (χ0v) is 14.5. The van der Waals surface area contributed by atoms with Crippen LogP contribution in [0.1, 0.15) is 35.8 Å². The molecule has 2 aromatic carbocycles. The second kappa shape index (κ2) is 8.24. The molecule has 0 saturated heterocycles. The lowest BCUT2D eigenvalue weighted by Crippen LogP contribution is -2.27. The molecule has 5 heteroatoms. The van der Waals surface area contributed by atoms with Crippen LogP contribution in [0, 0.1) is 0 Å². The Bertz CT molecular complexity index is 700. The summed E-state index contributed by atoms with van der Waals surface area (Å²) >= 11 is 0. The van der Waals surface area contributed by atoms with Crippen molar-refractivity contribution in [1.29, 1.82) is 0 Å². The van der Waals surface area contributed by atoms with Crippen molar-refractivity contribution in [3.63, 3.8) is 0 Å². The Labute approximate surface area is 142 Å². The van der Waals surface area contributed by atoms with E-state index >= 15 is 0 Å². The van der Waals surface area contributed by atoms with Crippen LogP contribution in [0.2, 0.25) is 0 Å². The third kappa shape index (κ3) is 3.98. The molecular weight excluding hydrogens is 306 g/mol. The molecule has 0 heterocycles. The molecule has 5 nitrogen and oxygen atoms in total. The summed E-state index contributed by atoms with van der Waals surface area (Å²) < 4.78 is 16.1. The fourth-order valence-corrected chi connectivity index (χ4v) is 2.42. The van der Waals surface area contributed by atoms with Crippen LogP contribution >= 0.6 is 0 Å². The van der Waals surface area contributed by atoms with Gasteiger partial charge < -0.3 is 19.5 Å². The van der Waals surface area contributed by atoms with Gasteiger partial charge in [0.05, 0.1) is 32.4 Å². The quantitative estimate of drug-likeness (QED) is 0.843. The van der Waals surface area contributed by atoms with Crippen LogP contribution in [0.25, 0.3) is 0 Å². The van der Waals surface area contributed by atoms with E-state index in [4.69, 9.17) is 14.2 Å². The van der Waals surface area contributed by atoms with Gasteiger partial charge >= 0.3 is 0 Å². The molecule has 1 amide bonds. The van der Waals surface area contributed by atoms with Gasteiger partial charge in [0.2, 0.25) is 0 Å². The molecule has 0 aliphatic rings. The Morgan fingerprint density at radius 2 is 1.75 bits per heavy atom. The van der Waals surface area contributed by atoms with Crippen molar-refractivity contribution in [3.05, 3.63) is 53.6 Å². The molecule has 1 atom stereocenters. The van der Waals surface area contributed by atoms with E-state index in [1.807, 2.05) is 44.2 Å². The molecule has 0 bridgehead atoms. The minimum absolute atomic E-state index is 0.179. The van der Waals surface area contributed by atoms with Gasteiger partial charge in [0.15, 0.2) is 11.5 Å². The number of hydrogen-bond donors (Lipinski definition) is 1. The zero-order chi connectivity index (χ0) is 17.5. The van der Waals surface area contributed by atoms with E-state index in [9.17, 15) is 4.79 Å². The summed E-state index contributed by atoms with van der Waals surface area (Å²) in [6.07, 6.45) is 0. The molecule has 0 aliphatic heterocycles. The van der Waals surface area contributed by atoms with Gasteiger partial charge in [-0.25, -0.2) is 0 Å². The molecule has 0 spiro atoms. The number of rotatable bonds is 7. The minimum atomic E-state index is -0.188. The number of ether oxygens (including phenoxy) is 3. The van der Waals surface area contributed by atoms with Gasteiger partial charge in [0.1, 0.15) is 5.75 Å². The molecule has 2 aromatic rings. The number of benzene rings is 2. The van der Waals surface area contributed by atoms with Crippen molar-refractivity contribution in [2.24, 2.45) is 0 Å². The highest BCUT2D eigenvalue weighted by Gasteiger charge is 2.16. The van der Waals surface area contributed by atoms with Crippen molar-refractivity contribution < 1.29 is 19.0 Å². The Morgan fingerprint density at radius 1 is 1.04 bits per heavy atom. The monoisotopic (exact) mass is 329 g/mol. The molecule has 0 aromatic heterocycles. The van der Waals surface area contributed by atoms with E-state index in [-0.39, 0.29) is 11.9 Å². The van der Waals surface area contributed by atoms with Gasteiger partial charge in [-0.2, -0.15) is 0 Å². The van der Waals surface area contributed by atoms with E-state index in [1.165, 1.54) is 0 Å². The fourth-order valence-electron chi connectivity index (χ4n) is 2.42. The highest BCUT2D eigenvalue weighted by Crippen LogP contribution is 2.30. The Hall–Kier alpha value is -2.69. The van der Waals surface area contributed by atoms with Gasteiger partial charge in [-0.15, -0.1) is 0 Å². The van der Waals surface area contributed by atoms with Crippen LogP contribution in [-0.2, 0) is 0 Å². The molecule has 2 rings (SSSR count). The number of amides is 1. The van der Waals surface area contributed by atoms with Gasteiger partial charge in [0.25, 0.3) is 5.91 Å². The fraction of sp³-hybridized carbons (Fsp3) is 0.316. The van der Waals surface area contributed by atoms with Crippen molar-refractivity contribution >= 4 is 5.91 Å². The lowest BCUT2D eigenvalue weighted by molar-refractivity contribution is 0.0936. The van der Waals surface area contributed by atoms with Crippen LogP contribution < -0.4 is 19.5 Å². The maximum absolute atomic E-state index is 12.6.